The summed E-state index contributed by atoms with van der Waals surface area (Å²) < 4.78 is 10.7. The summed E-state index contributed by atoms with van der Waals surface area (Å²) in [6.45, 7) is 0. The largest absolute Gasteiger partial charge is 0.423 e. The van der Waals surface area contributed by atoms with Crippen molar-refractivity contribution in [2.75, 3.05) is 0 Å². The van der Waals surface area contributed by atoms with E-state index in [0.717, 1.165) is 16.5 Å². The Morgan fingerprint density at radius 1 is 0.893 bits per heavy atom. The van der Waals surface area contributed by atoms with Gasteiger partial charge in [0, 0.05) is 22.5 Å². The van der Waals surface area contributed by atoms with Crippen molar-refractivity contribution in [3.63, 3.8) is 0 Å². The van der Waals surface area contributed by atoms with Crippen LogP contribution in [0.3, 0.4) is 0 Å². The average Bonchev–Trinajstić information content (AvgIpc) is 2.67. The Balaban J connectivity index is 1.72. The van der Waals surface area contributed by atoms with Gasteiger partial charge < -0.3 is 9.15 Å². The van der Waals surface area contributed by atoms with Crippen LogP contribution in [0, 0.1) is 0 Å². The Labute approximate surface area is 169 Å². The topological polar surface area (TPSA) is 56.5 Å². The first-order valence-corrected chi connectivity index (χ1v) is 9.07. The van der Waals surface area contributed by atoms with E-state index in [1.54, 1.807) is 18.2 Å². The summed E-state index contributed by atoms with van der Waals surface area (Å²) >= 11 is 11.9. The molecule has 138 valence electrons. The molecule has 4 aromatic rings. The average molecular weight is 411 g/mol. The number of hydrogen-bond acceptors (Lipinski definition) is 4. The van der Waals surface area contributed by atoms with Gasteiger partial charge in [0.1, 0.15) is 11.3 Å². The first kappa shape index (κ1) is 18.3. The summed E-state index contributed by atoms with van der Waals surface area (Å²) in [5, 5.41) is 1.34. The highest BCUT2D eigenvalue weighted by atomic mass is 35.5. The zero-order chi connectivity index (χ0) is 19.7. The zero-order valence-corrected chi connectivity index (χ0v) is 15.8. The summed E-state index contributed by atoms with van der Waals surface area (Å²) in [5.41, 5.74) is 1.64. The number of ether oxygens (including phenoxy) is 1. The number of esters is 1. The van der Waals surface area contributed by atoms with Gasteiger partial charge in [0.2, 0.25) is 0 Å². The Morgan fingerprint density at radius 3 is 2.43 bits per heavy atom. The summed E-state index contributed by atoms with van der Waals surface area (Å²) in [6, 6.07) is 20.3. The molecule has 1 aromatic heterocycles. The van der Waals surface area contributed by atoms with Crippen LogP contribution in [-0.2, 0) is 0 Å². The van der Waals surface area contributed by atoms with Gasteiger partial charge in [-0.3, -0.25) is 0 Å². The van der Waals surface area contributed by atoms with E-state index in [9.17, 15) is 9.59 Å². The number of halogens is 2. The van der Waals surface area contributed by atoms with Gasteiger partial charge in [-0.1, -0.05) is 53.5 Å². The van der Waals surface area contributed by atoms with Crippen molar-refractivity contribution in [1.29, 1.82) is 0 Å². The van der Waals surface area contributed by atoms with E-state index in [2.05, 4.69) is 0 Å². The molecule has 0 fully saturated rings. The van der Waals surface area contributed by atoms with E-state index in [0.29, 0.717) is 10.6 Å². The van der Waals surface area contributed by atoms with Crippen molar-refractivity contribution in [3.8, 4) is 16.9 Å². The molecule has 4 rings (SSSR count). The van der Waals surface area contributed by atoms with Crippen molar-refractivity contribution in [3.05, 3.63) is 98.8 Å². The van der Waals surface area contributed by atoms with Crippen molar-refractivity contribution in [2.24, 2.45) is 0 Å². The first-order valence-electron chi connectivity index (χ1n) is 8.32. The molecule has 0 spiro atoms. The summed E-state index contributed by atoms with van der Waals surface area (Å²) in [5.74, 6) is -0.403. The third-order valence-corrected chi connectivity index (χ3v) is 4.71. The molecule has 0 N–H and O–H groups in total. The van der Waals surface area contributed by atoms with Crippen LogP contribution in [0.25, 0.3) is 22.1 Å². The Morgan fingerprint density at radius 2 is 1.68 bits per heavy atom. The number of benzene rings is 3. The lowest BCUT2D eigenvalue weighted by Gasteiger charge is -2.09. The van der Waals surface area contributed by atoms with Gasteiger partial charge in [-0.05, 0) is 41.5 Å². The summed E-state index contributed by atoms with van der Waals surface area (Å²) in [7, 11) is 0. The molecule has 28 heavy (non-hydrogen) atoms. The molecule has 4 nitrogen and oxygen atoms in total. The van der Waals surface area contributed by atoms with Crippen LogP contribution in [-0.4, -0.2) is 5.97 Å². The molecule has 3 aromatic carbocycles. The maximum atomic E-state index is 12.4. The quantitative estimate of drug-likeness (QED) is 0.236. The van der Waals surface area contributed by atoms with E-state index in [4.69, 9.17) is 32.4 Å². The normalized spacial score (nSPS) is 10.8. The minimum atomic E-state index is -0.637. The molecule has 0 aliphatic heterocycles. The SMILES string of the molecule is O=C(Oc1ccc2c(-c3ccccc3)cc(=O)oc2c1)c1ccc(Cl)cc1Cl. The van der Waals surface area contributed by atoms with Gasteiger partial charge >= 0.3 is 11.6 Å². The predicted molar refractivity (Wildman–Crippen MR) is 109 cm³/mol. The highest BCUT2D eigenvalue weighted by Crippen LogP contribution is 2.30. The fourth-order valence-corrected chi connectivity index (χ4v) is 3.37. The van der Waals surface area contributed by atoms with E-state index in [1.807, 2.05) is 30.3 Å². The van der Waals surface area contributed by atoms with Crippen molar-refractivity contribution in [2.45, 2.75) is 0 Å². The molecule has 0 atom stereocenters. The van der Waals surface area contributed by atoms with Gasteiger partial charge in [0.15, 0.2) is 0 Å². The molecular formula is C22H12Cl2O4. The van der Waals surface area contributed by atoms with Crippen LogP contribution in [0.15, 0.2) is 82.0 Å². The molecule has 1 heterocycles. The number of fused-ring (bicyclic) bond motifs is 1. The maximum absolute atomic E-state index is 12.4. The van der Waals surface area contributed by atoms with E-state index < -0.39 is 11.6 Å². The minimum Gasteiger partial charge on any atom is -0.423 e. The molecule has 0 saturated heterocycles. The van der Waals surface area contributed by atoms with E-state index in [-0.39, 0.29) is 16.3 Å². The van der Waals surface area contributed by atoms with Crippen LogP contribution < -0.4 is 10.4 Å². The summed E-state index contributed by atoms with van der Waals surface area (Å²) in [6.07, 6.45) is 0. The lowest BCUT2D eigenvalue weighted by atomic mass is 10.0. The van der Waals surface area contributed by atoms with Gasteiger partial charge in [0.05, 0.1) is 10.6 Å². The molecule has 0 bridgehead atoms. The molecule has 0 saturated carbocycles. The minimum absolute atomic E-state index is 0.186. The van der Waals surface area contributed by atoms with Crippen molar-refractivity contribution >= 4 is 40.1 Å². The third-order valence-electron chi connectivity index (χ3n) is 4.16. The number of rotatable bonds is 3. The van der Waals surface area contributed by atoms with E-state index >= 15 is 0 Å². The second-order valence-corrected chi connectivity index (χ2v) is 6.86. The van der Waals surface area contributed by atoms with Crippen LogP contribution >= 0.6 is 23.2 Å². The third kappa shape index (κ3) is 3.65. The maximum Gasteiger partial charge on any atom is 0.345 e. The van der Waals surface area contributed by atoms with Crippen LogP contribution in [0.5, 0.6) is 5.75 Å². The van der Waals surface area contributed by atoms with E-state index in [1.165, 1.54) is 24.3 Å². The summed E-state index contributed by atoms with van der Waals surface area (Å²) in [4.78, 5) is 24.4. The lowest BCUT2D eigenvalue weighted by molar-refractivity contribution is 0.0735. The van der Waals surface area contributed by atoms with Crippen LogP contribution in [0.2, 0.25) is 10.0 Å². The zero-order valence-electron chi connectivity index (χ0n) is 14.3. The first-order chi connectivity index (χ1) is 13.5. The molecule has 0 aliphatic carbocycles. The molecule has 0 unspecified atom stereocenters. The molecule has 0 radical (unpaired) electrons. The smallest absolute Gasteiger partial charge is 0.345 e. The fourth-order valence-electron chi connectivity index (χ4n) is 2.88. The highest BCUT2D eigenvalue weighted by molar-refractivity contribution is 6.36. The molecule has 0 amide bonds. The highest BCUT2D eigenvalue weighted by Gasteiger charge is 2.15. The van der Waals surface area contributed by atoms with Crippen LogP contribution in [0.4, 0.5) is 0 Å². The Kier molecular flexibility index (Phi) is 4.90. The second kappa shape index (κ2) is 7.50. The monoisotopic (exact) mass is 410 g/mol. The molecular weight excluding hydrogens is 399 g/mol. The lowest BCUT2D eigenvalue weighted by Crippen LogP contribution is -2.09. The van der Waals surface area contributed by atoms with Gasteiger partial charge in [-0.2, -0.15) is 0 Å². The van der Waals surface area contributed by atoms with Gasteiger partial charge in [0.25, 0.3) is 0 Å². The fraction of sp³-hybridized carbons (Fsp3) is 0. The standard InChI is InChI=1S/C22H12Cl2O4/c23-14-6-8-17(19(24)10-14)22(26)27-15-7-9-16-18(13-4-2-1-3-5-13)12-21(25)28-20(16)11-15/h1-12H. The Hall–Kier alpha value is -3.08. The number of carbonyl (C=O) groups excluding carboxylic acids is 1. The predicted octanol–water partition coefficient (Wildman–Crippen LogP) is 5.99. The number of hydrogen-bond donors (Lipinski definition) is 0. The molecule has 0 aliphatic rings. The van der Waals surface area contributed by atoms with Crippen molar-refractivity contribution < 1.29 is 13.9 Å². The van der Waals surface area contributed by atoms with Gasteiger partial charge in [-0.15, -0.1) is 0 Å². The van der Waals surface area contributed by atoms with Crippen LogP contribution in [0.1, 0.15) is 10.4 Å². The Bertz CT molecular complexity index is 1250. The van der Waals surface area contributed by atoms with Gasteiger partial charge in [-0.25, -0.2) is 9.59 Å². The number of carbonyl (C=O) groups is 1. The van der Waals surface area contributed by atoms with Crippen molar-refractivity contribution in [1.82, 2.24) is 0 Å². The molecule has 6 heteroatoms. The second-order valence-electron chi connectivity index (χ2n) is 6.02.